The van der Waals surface area contributed by atoms with Crippen molar-refractivity contribution in [2.24, 2.45) is 46.3 Å². The molecule has 9 atom stereocenters. The monoisotopic (exact) mass is 386 g/mol. The van der Waals surface area contributed by atoms with Crippen LogP contribution >= 0.6 is 0 Å². The molecule has 1 N–H and O–H groups in total. The van der Waals surface area contributed by atoms with Crippen LogP contribution in [-0.4, -0.2) is 29.1 Å². The Morgan fingerprint density at radius 2 is 2.04 bits per heavy atom. The van der Waals surface area contributed by atoms with E-state index in [1.54, 1.807) is 6.08 Å². The lowest BCUT2D eigenvalue weighted by Crippen LogP contribution is -2.57. The molecule has 28 heavy (non-hydrogen) atoms. The summed E-state index contributed by atoms with van der Waals surface area (Å²) in [6.45, 7) is 8.56. The van der Waals surface area contributed by atoms with Crippen LogP contribution in [-0.2, 0) is 14.4 Å². The highest BCUT2D eigenvalue weighted by Crippen LogP contribution is 2.68. The van der Waals surface area contributed by atoms with Crippen molar-refractivity contribution in [3.63, 3.8) is 0 Å². The molecule has 0 spiro atoms. The standard InChI is InChI=1S/C24H34O4/c1-5-18(26)21-13(2)8-17-16-7-6-15-9-19(27)14(12-25)10-23(15,3)22(16)20(28)11-24(17,21)4/h9,12-14,16-17,20-22,28H,5-8,10-11H2,1-4H3/t13-,14?,16+,17+,20+,21-,22-,23+,24+/m1/s1. The molecule has 0 saturated heterocycles. The number of aliphatic hydroxyl groups excluding tert-OH is 1. The Kier molecular flexibility index (Phi) is 4.73. The van der Waals surface area contributed by atoms with Gasteiger partial charge in [-0.2, -0.15) is 0 Å². The van der Waals surface area contributed by atoms with Crippen molar-refractivity contribution >= 4 is 17.9 Å². The predicted octanol–water partition coefficient (Wildman–Crippen LogP) is 3.76. The summed E-state index contributed by atoms with van der Waals surface area (Å²) in [4.78, 5) is 36.6. The minimum absolute atomic E-state index is 0.0403. The first kappa shape index (κ1) is 20.0. The molecule has 3 saturated carbocycles. The van der Waals surface area contributed by atoms with Gasteiger partial charge in [0.1, 0.15) is 12.1 Å². The molecule has 154 valence electrons. The molecule has 4 nitrogen and oxygen atoms in total. The molecule has 0 aliphatic heterocycles. The van der Waals surface area contributed by atoms with Crippen LogP contribution in [0.1, 0.15) is 66.2 Å². The third-order valence-corrected chi connectivity index (χ3v) is 9.20. The largest absolute Gasteiger partial charge is 0.393 e. The van der Waals surface area contributed by atoms with Crippen molar-refractivity contribution in [2.45, 2.75) is 72.3 Å². The smallest absolute Gasteiger partial charge is 0.165 e. The highest BCUT2D eigenvalue weighted by atomic mass is 16.3. The van der Waals surface area contributed by atoms with Gasteiger partial charge in [0.25, 0.3) is 0 Å². The van der Waals surface area contributed by atoms with Gasteiger partial charge >= 0.3 is 0 Å². The van der Waals surface area contributed by atoms with Crippen molar-refractivity contribution in [2.75, 3.05) is 0 Å². The number of aldehydes is 1. The van der Waals surface area contributed by atoms with E-state index in [4.69, 9.17) is 0 Å². The zero-order valence-corrected chi connectivity index (χ0v) is 17.6. The van der Waals surface area contributed by atoms with E-state index in [2.05, 4.69) is 20.8 Å². The lowest BCUT2D eigenvalue weighted by Gasteiger charge is -2.60. The molecular formula is C24H34O4. The number of hydrogen-bond acceptors (Lipinski definition) is 4. The summed E-state index contributed by atoms with van der Waals surface area (Å²) in [7, 11) is 0. The maximum Gasteiger partial charge on any atom is 0.165 e. The molecule has 4 aliphatic rings. The molecule has 4 aliphatic carbocycles. The van der Waals surface area contributed by atoms with Crippen LogP contribution in [0.3, 0.4) is 0 Å². The zero-order valence-electron chi connectivity index (χ0n) is 17.6. The van der Waals surface area contributed by atoms with Crippen LogP contribution in [0, 0.1) is 46.3 Å². The van der Waals surface area contributed by atoms with E-state index in [-0.39, 0.29) is 28.4 Å². The Morgan fingerprint density at radius 3 is 2.68 bits per heavy atom. The minimum Gasteiger partial charge on any atom is -0.393 e. The number of aliphatic hydroxyl groups is 1. The number of rotatable bonds is 3. The van der Waals surface area contributed by atoms with Gasteiger partial charge in [0.05, 0.1) is 12.0 Å². The molecule has 0 amide bonds. The Morgan fingerprint density at radius 1 is 1.32 bits per heavy atom. The first-order valence-corrected chi connectivity index (χ1v) is 11.1. The third-order valence-electron chi connectivity index (χ3n) is 9.20. The third kappa shape index (κ3) is 2.56. The number of Topliss-reactive ketones (excluding diaryl/α,β-unsaturated/α-hetero) is 1. The predicted molar refractivity (Wildman–Crippen MR) is 106 cm³/mol. The highest BCUT2D eigenvalue weighted by Gasteiger charge is 2.64. The molecule has 0 radical (unpaired) electrons. The average molecular weight is 387 g/mol. The fraction of sp³-hybridized carbons (Fsp3) is 0.792. The molecule has 0 aromatic carbocycles. The van der Waals surface area contributed by atoms with Gasteiger partial charge in [0.2, 0.25) is 0 Å². The molecule has 0 aromatic rings. The van der Waals surface area contributed by atoms with Gasteiger partial charge in [-0.05, 0) is 72.7 Å². The maximum atomic E-state index is 12.8. The van der Waals surface area contributed by atoms with E-state index in [0.29, 0.717) is 42.8 Å². The van der Waals surface area contributed by atoms with Crippen molar-refractivity contribution in [1.29, 1.82) is 0 Å². The van der Waals surface area contributed by atoms with Crippen molar-refractivity contribution in [1.82, 2.24) is 0 Å². The Bertz CT molecular complexity index is 739. The number of carbonyl (C=O) groups excluding carboxylic acids is 3. The number of allylic oxidation sites excluding steroid dienone is 1. The highest BCUT2D eigenvalue weighted by molar-refractivity contribution is 6.02. The zero-order chi connectivity index (χ0) is 20.4. The summed E-state index contributed by atoms with van der Waals surface area (Å²) in [6.07, 6.45) is 6.64. The van der Waals surface area contributed by atoms with E-state index in [1.165, 1.54) is 0 Å². The number of fused-ring (bicyclic) bond motifs is 5. The SMILES string of the molecule is CCC(=O)[C@H]1[C@H](C)C[C@H]2[C@@H]3CCC4=CC(=O)C(C=O)C[C@]4(C)[C@H]3[C@@H](O)C[C@@]21C. The van der Waals surface area contributed by atoms with Crippen molar-refractivity contribution in [3.05, 3.63) is 11.6 Å². The lowest BCUT2D eigenvalue weighted by atomic mass is 9.45. The fourth-order valence-corrected chi connectivity index (χ4v) is 8.20. The Balaban J connectivity index is 1.73. The van der Waals surface area contributed by atoms with E-state index >= 15 is 0 Å². The Hall–Kier alpha value is -1.29. The van der Waals surface area contributed by atoms with Crippen LogP contribution in [0.2, 0.25) is 0 Å². The van der Waals surface area contributed by atoms with E-state index in [1.807, 2.05) is 6.92 Å². The van der Waals surface area contributed by atoms with Crippen molar-refractivity contribution < 1.29 is 19.5 Å². The topological polar surface area (TPSA) is 71.4 Å². The van der Waals surface area contributed by atoms with Crippen LogP contribution in [0.25, 0.3) is 0 Å². The second-order valence-corrected chi connectivity index (χ2v) is 10.6. The van der Waals surface area contributed by atoms with Crippen LogP contribution in [0.4, 0.5) is 0 Å². The summed E-state index contributed by atoms with van der Waals surface area (Å²) in [5.74, 6) is 0.950. The summed E-state index contributed by atoms with van der Waals surface area (Å²) < 4.78 is 0. The molecular weight excluding hydrogens is 352 g/mol. The average Bonchev–Trinajstić information content (AvgIpc) is 2.90. The Labute approximate surface area is 168 Å². The molecule has 4 heteroatoms. The number of carbonyl (C=O) groups is 3. The second-order valence-electron chi connectivity index (χ2n) is 10.6. The molecule has 0 bridgehead atoms. The van der Waals surface area contributed by atoms with Crippen LogP contribution < -0.4 is 0 Å². The molecule has 0 heterocycles. The lowest BCUT2D eigenvalue weighted by molar-refractivity contribution is -0.148. The first-order valence-electron chi connectivity index (χ1n) is 11.1. The molecule has 0 aromatic heterocycles. The van der Waals surface area contributed by atoms with Crippen LogP contribution in [0.15, 0.2) is 11.6 Å². The summed E-state index contributed by atoms with van der Waals surface area (Å²) in [6, 6.07) is 0. The maximum absolute atomic E-state index is 12.8. The van der Waals surface area contributed by atoms with Gasteiger partial charge in [-0.25, -0.2) is 0 Å². The summed E-state index contributed by atoms with van der Waals surface area (Å²) >= 11 is 0. The van der Waals surface area contributed by atoms with Gasteiger partial charge in [-0.15, -0.1) is 0 Å². The molecule has 3 fully saturated rings. The molecule has 1 unspecified atom stereocenters. The van der Waals surface area contributed by atoms with E-state index < -0.39 is 12.0 Å². The van der Waals surface area contributed by atoms with E-state index in [9.17, 15) is 19.5 Å². The van der Waals surface area contributed by atoms with Gasteiger partial charge in [-0.1, -0.05) is 33.3 Å². The van der Waals surface area contributed by atoms with Gasteiger partial charge in [0.15, 0.2) is 5.78 Å². The molecule has 4 rings (SSSR count). The quantitative estimate of drug-likeness (QED) is 0.592. The number of hydrogen-bond donors (Lipinski definition) is 1. The summed E-state index contributed by atoms with van der Waals surface area (Å²) in [5, 5.41) is 11.4. The van der Waals surface area contributed by atoms with Gasteiger partial charge in [-0.3, -0.25) is 9.59 Å². The normalized spacial score (nSPS) is 50.2. The fourth-order valence-electron chi connectivity index (χ4n) is 8.20. The van der Waals surface area contributed by atoms with Crippen molar-refractivity contribution in [3.8, 4) is 0 Å². The second kappa shape index (κ2) is 6.62. The summed E-state index contributed by atoms with van der Waals surface area (Å²) in [5.41, 5.74) is 0.699. The minimum atomic E-state index is -0.579. The van der Waals surface area contributed by atoms with Crippen LogP contribution in [0.5, 0.6) is 0 Å². The van der Waals surface area contributed by atoms with E-state index in [0.717, 1.165) is 31.1 Å². The first-order chi connectivity index (χ1) is 13.2. The van der Waals surface area contributed by atoms with Gasteiger partial charge in [0, 0.05) is 12.3 Å². The van der Waals surface area contributed by atoms with Gasteiger partial charge < -0.3 is 9.90 Å². The number of ketones is 2.